The summed E-state index contributed by atoms with van der Waals surface area (Å²) in [7, 11) is 3.22. The molecule has 0 aliphatic carbocycles. The predicted molar refractivity (Wildman–Crippen MR) is 119 cm³/mol. The maximum absolute atomic E-state index is 5.61. The topological polar surface area (TPSA) is 100 Å². The second-order valence-electron chi connectivity index (χ2n) is 6.61. The van der Waals surface area contributed by atoms with Gasteiger partial charge in [-0.1, -0.05) is 13.0 Å². The molecule has 0 radical (unpaired) electrons. The van der Waals surface area contributed by atoms with E-state index in [0.29, 0.717) is 34.7 Å². The zero-order valence-corrected chi connectivity index (χ0v) is 18.2. The van der Waals surface area contributed by atoms with Crippen LogP contribution in [0.15, 0.2) is 59.6 Å². The van der Waals surface area contributed by atoms with Gasteiger partial charge < -0.3 is 13.9 Å². The molecule has 0 spiro atoms. The molecule has 3 aromatic heterocycles. The lowest BCUT2D eigenvalue weighted by Gasteiger charge is -2.17. The number of hydrogen-bond donors (Lipinski definition) is 1. The highest BCUT2D eigenvalue weighted by atomic mass is 32.2. The Labute approximate surface area is 184 Å². The molecule has 0 fully saturated rings. The van der Waals surface area contributed by atoms with Crippen molar-refractivity contribution in [2.75, 3.05) is 18.9 Å². The molecular weight excluding hydrogens is 416 g/mol. The molecule has 0 aliphatic heterocycles. The molecule has 4 rings (SSSR count). The summed E-state index contributed by atoms with van der Waals surface area (Å²) in [5, 5.41) is 8.94. The van der Waals surface area contributed by atoms with Crippen molar-refractivity contribution < 1.29 is 13.9 Å². The Morgan fingerprint density at radius 1 is 1.10 bits per heavy atom. The third-order valence-corrected chi connectivity index (χ3v) is 5.39. The summed E-state index contributed by atoms with van der Waals surface area (Å²) < 4.78 is 22.0. The number of anilines is 1. The van der Waals surface area contributed by atoms with E-state index in [9.17, 15) is 0 Å². The summed E-state index contributed by atoms with van der Waals surface area (Å²) in [4.78, 5) is 8.25. The highest BCUT2D eigenvalue weighted by Gasteiger charge is 2.24. The van der Waals surface area contributed by atoms with Gasteiger partial charge in [-0.15, -0.1) is 10.2 Å². The molecule has 0 aliphatic rings. The first-order valence-electron chi connectivity index (χ1n) is 9.58. The number of aromatic nitrogens is 5. The number of methoxy groups -OCH3 is 2. The fourth-order valence-electron chi connectivity index (χ4n) is 3.11. The molecule has 160 valence electrons. The number of para-hydroxylation sites is 1. The van der Waals surface area contributed by atoms with Crippen LogP contribution >= 0.6 is 11.9 Å². The van der Waals surface area contributed by atoms with Crippen LogP contribution in [-0.4, -0.2) is 44.2 Å². The molecule has 0 bridgehead atoms. The zero-order valence-electron chi connectivity index (χ0n) is 17.3. The Morgan fingerprint density at radius 3 is 2.55 bits per heavy atom. The summed E-state index contributed by atoms with van der Waals surface area (Å²) in [6.07, 6.45) is 5.67. The third kappa shape index (κ3) is 4.48. The van der Waals surface area contributed by atoms with Crippen LogP contribution in [-0.2, 0) is 6.42 Å². The van der Waals surface area contributed by atoms with Crippen molar-refractivity contribution in [3.8, 4) is 28.8 Å². The maximum atomic E-state index is 5.61. The monoisotopic (exact) mass is 438 g/mol. The quantitative estimate of drug-likeness (QED) is 0.388. The van der Waals surface area contributed by atoms with Crippen molar-refractivity contribution in [3.63, 3.8) is 0 Å². The molecule has 0 saturated heterocycles. The van der Waals surface area contributed by atoms with E-state index in [4.69, 9.17) is 13.9 Å². The van der Waals surface area contributed by atoms with Crippen LogP contribution in [0.5, 0.6) is 11.5 Å². The molecule has 0 amide bonds. The first-order valence-corrected chi connectivity index (χ1v) is 10.5. The van der Waals surface area contributed by atoms with E-state index in [1.165, 1.54) is 11.9 Å². The first-order chi connectivity index (χ1) is 15.2. The molecule has 3 heterocycles. The molecule has 1 atom stereocenters. The van der Waals surface area contributed by atoms with Gasteiger partial charge in [0.2, 0.25) is 11.8 Å². The zero-order chi connectivity index (χ0) is 21.6. The Morgan fingerprint density at radius 2 is 1.90 bits per heavy atom. The molecule has 1 N–H and O–H groups in total. The normalized spacial score (nSPS) is 11.8. The van der Waals surface area contributed by atoms with Gasteiger partial charge in [0.1, 0.15) is 23.5 Å². The lowest BCUT2D eigenvalue weighted by atomic mass is 10.2. The standard InChI is InChI=1S/C21H22N6O3S/c1-14(12-15-9-10-22-13-23-15)31-26-21-25-24-20(18-8-5-11-30-18)27(21)19-16(28-2)6-4-7-17(19)29-3/h4-11,13-14H,12H2,1-3H3,(H,25,26). The smallest absolute Gasteiger partial charge is 0.239 e. The Bertz CT molecular complexity index is 1100. The van der Waals surface area contributed by atoms with Crippen LogP contribution in [0.4, 0.5) is 5.95 Å². The third-order valence-electron chi connectivity index (χ3n) is 4.52. The van der Waals surface area contributed by atoms with Crippen molar-refractivity contribution in [1.29, 1.82) is 0 Å². The van der Waals surface area contributed by atoms with Gasteiger partial charge in [-0.05, 0) is 42.3 Å². The van der Waals surface area contributed by atoms with Crippen molar-refractivity contribution in [2.45, 2.75) is 18.6 Å². The van der Waals surface area contributed by atoms with Gasteiger partial charge >= 0.3 is 0 Å². The minimum atomic E-state index is 0.215. The number of rotatable bonds is 9. The Balaban J connectivity index is 1.68. The van der Waals surface area contributed by atoms with E-state index in [1.807, 2.05) is 34.9 Å². The number of ether oxygens (including phenoxy) is 2. The van der Waals surface area contributed by atoms with Gasteiger partial charge in [0.05, 0.1) is 20.5 Å². The SMILES string of the molecule is COc1cccc(OC)c1-n1c(NSC(C)Cc2ccncn2)nnc1-c1ccco1. The lowest BCUT2D eigenvalue weighted by molar-refractivity contribution is 0.391. The second kappa shape index (κ2) is 9.52. The van der Waals surface area contributed by atoms with E-state index in [-0.39, 0.29) is 5.25 Å². The number of benzene rings is 1. The number of nitrogens with one attached hydrogen (secondary N) is 1. The summed E-state index contributed by atoms with van der Waals surface area (Å²) in [6.45, 7) is 2.11. The fraction of sp³-hybridized carbons (Fsp3) is 0.238. The van der Waals surface area contributed by atoms with E-state index in [2.05, 4.69) is 31.8 Å². The number of hydrogen-bond acceptors (Lipinski definition) is 9. The van der Waals surface area contributed by atoms with Crippen LogP contribution in [0.3, 0.4) is 0 Å². The van der Waals surface area contributed by atoms with Gasteiger partial charge in [0.15, 0.2) is 5.76 Å². The molecular formula is C21H22N6O3S. The van der Waals surface area contributed by atoms with E-state index in [0.717, 1.165) is 12.1 Å². The van der Waals surface area contributed by atoms with Gasteiger partial charge in [-0.3, -0.25) is 9.29 Å². The van der Waals surface area contributed by atoms with Crippen molar-refractivity contribution in [1.82, 2.24) is 24.7 Å². The Kier molecular flexibility index (Phi) is 6.37. The van der Waals surface area contributed by atoms with Gasteiger partial charge in [-0.25, -0.2) is 9.97 Å². The highest BCUT2D eigenvalue weighted by molar-refractivity contribution is 8.01. The van der Waals surface area contributed by atoms with E-state index < -0.39 is 0 Å². The molecule has 1 aromatic carbocycles. The van der Waals surface area contributed by atoms with Crippen molar-refractivity contribution in [3.05, 3.63) is 60.9 Å². The van der Waals surface area contributed by atoms with Crippen LogP contribution in [0.1, 0.15) is 12.6 Å². The largest absolute Gasteiger partial charge is 0.494 e. The average Bonchev–Trinajstić information content (AvgIpc) is 3.47. The van der Waals surface area contributed by atoms with Gasteiger partial charge in [-0.2, -0.15) is 0 Å². The van der Waals surface area contributed by atoms with Crippen LogP contribution in [0, 0.1) is 0 Å². The number of nitrogens with zero attached hydrogens (tertiary/aromatic N) is 5. The average molecular weight is 439 g/mol. The second-order valence-corrected chi connectivity index (χ2v) is 7.85. The molecule has 4 aromatic rings. The van der Waals surface area contributed by atoms with Crippen molar-refractivity contribution >= 4 is 17.9 Å². The summed E-state index contributed by atoms with van der Waals surface area (Å²) in [6, 6.07) is 11.1. The summed E-state index contributed by atoms with van der Waals surface area (Å²) in [5.41, 5.74) is 1.65. The summed E-state index contributed by atoms with van der Waals surface area (Å²) in [5.74, 6) is 2.86. The fourth-order valence-corrected chi connectivity index (χ4v) is 3.80. The first kappa shape index (κ1) is 20.7. The summed E-state index contributed by atoms with van der Waals surface area (Å²) >= 11 is 1.52. The molecule has 10 heteroatoms. The maximum Gasteiger partial charge on any atom is 0.239 e. The Hall–Kier alpha value is -3.53. The molecule has 0 saturated carbocycles. The van der Waals surface area contributed by atoms with E-state index in [1.54, 1.807) is 39.1 Å². The van der Waals surface area contributed by atoms with Gasteiger partial charge in [0, 0.05) is 23.6 Å². The van der Waals surface area contributed by atoms with E-state index >= 15 is 0 Å². The van der Waals surface area contributed by atoms with Crippen LogP contribution < -0.4 is 14.2 Å². The minimum absolute atomic E-state index is 0.215. The van der Waals surface area contributed by atoms with Crippen LogP contribution in [0.25, 0.3) is 17.3 Å². The van der Waals surface area contributed by atoms with Crippen LogP contribution in [0.2, 0.25) is 0 Å². The predicted octanol–water partition coefficient (Wildman–Crippen LogP) is 4.03. The van der Waals surface area contributed by atoms with Gasteiger partial charge in [0.25, 0.3) is 0 Å². The highest BCUT2D eigenvalue weighted by Crippen LogP contribution is 2.38. The molecule has 1 unspecified atom stereocenters. The minimum Gasteiger partial charge on any atom is -0.494 e. The lowest BCUT2D eigenvalue weighted by Crippen LogP contribution is -2.10. The van der Waals surface area contributed by atoms with Crippen molar-refractivity contribution in [2.24, 2.45) is 0 Å². The molecule has 9 nitrogen and oxygen atoms in total. The molecule has 31 heavy (non-hydrogen) atoms. The number of furan rings is 1.